The quantitative estimate of drug-likeness (QED) is 0.821. The number of nitrogens with zero attached hydrogens (tertiary/aromatic N) is 3. The molecule has 0 spiro atoms. The van der Waals surface area contributed by atoms with Gasteiger partial charge in [-0.2, -0.15) is 0 Å². The number of piperazine rings is 1. The van der Waals surface area contributed by atoms with E-state index >= 15 is 0 Å². The highest BCUT2D eigenvalue weighted by Crippen LogP contribution is 2.26. The Morgan fingerprint density at radius 3 is 2.44 bits per heavy atom. The first-order valence-corrected chi connectivity index (χ1v) is 9.50. The van der Waals surface area contributed by atoms with Crippen LogP contribution in [0.15, 0.2) is 18.2 Å². The first-order valence-electron chi connectivity index (χ1n) is 9.12. The molecular formula is C19H27ClFN3O. The maximum absolute atomic E-state index is 13.9. The fourth-order valence-electron chi connectivity index (χ4n) is 3.94. The number of hydrogen-bond donors (Lipinski definition) is 0. The average molecular weight is 368 g/mol. The van der Waals surface area contributed by atoms with Gasteiger partial charge in [0, 0.05) is 50.3 Å². The Bertz CT molecular complexity index is 611. The Labute approximate surface area is 154 Å². The molecule has 1 unspecified atom stereocenters. The number of likely N-dealkylation sites (N-methyl/N-ethyl adjacent to an activating group) is 1. The van der Waals surface area contributed by atoms with E-state index < -0.39 is 5.82 Å². The van der Waals surface area contributed by atoms with Crippen LogP contribution in [-0.2, 0) is 0 Å². The number of carbonyl (C=O) groups is 1. The summed E-state index contributed by atoms with van der Waals surface area (Å²) in [6, 6.07) is 4.70. The van der Waals surface area contributed by atoms with Gasteiger partial charge in [-0.25, -0.2) is 4.39 Å². The average Bonchev–Trinajstić information content (AvgIpc) is 2.63. The van der Waals surface area contributed by atoms with Crippen molar-refractivity contribution in [3.63, 3.8) is 0 Å². The molecule has 2 fully saturated rings. The van der Waals surface area contributed by atoms with E-state index in [-0.39, 0.29) is 11.5 Å². The predicted molar refractivity (Wildman–Crippen MR) is 98.6 cm³/mol. The summed E-state index contributed by atoms with van der Waals surface area (Å²) in [5.41, 5.74) is 0.0815. The second kappa shape index (κ2) is 8.02. The molecule has 2 heterocycles. The normalized spacial score (nSPS) is 22.2. The third-order valence-electron chi connectivity index (χ3n) is 5.78. The number of rotatable bonds is 3. The lowest BCUT2D eigenvalue weighted by Crippen LogP contribution is -2.52. The number of hydrogen-bond acceptors (Lipinski definition) is 3. The van der Waals surface area contributed by atoms with E-state index in [0.717, 1.165) is 39.0 Å². The number of halogens is 2. The zero-order chi connectivity index (χ0) is 18.0. The second-order valence-electron chi connectivity index (χ2n) is 7.33. The summed E-state index contributed by atoms with van der Waals surface area (Å²) < 4.78 is 13.9. The number of likely N-dealkylation sites (tertiary alicyclic amines) is 1. The summed E-state index contributed by atoms with van der Waals surface area (Å²) in [5, 5.41) is 0.392. The molecule has 3 rings (SSSR count). The van der Waals surface area contributed by atoms with Crippen LogP contribution in [0, 0.1) is 11.7 Å². The van der Waals surface area contributed by atoms with Gasteiger partial charge in [-0.05, 0) is 50.9 Å². The summed E-state index contributed by atoms with van der Waals surface area (Å²) in [7, 11) is 2.17. The Morgan fingerprint density at radius 2 is 1.80 bits per heavy atom. The van der Waals surface area contributed by atoms with Crippen molar-refractivity contribution in [3.8, 4) is 0 Å². The van der Waals surface area contributed by atoms with E-state index in [1.807, 2.05) is 0 Å². The highest BCUT2D eigenvalue weighted by Gasteiger charge is 2.31. The first-order chi connectivity index (χ1) is 12.0. The molecule has 2 saturated heterocycles. The molecule has 0 bridgehead atoms. The molecule has 4 nitrogen and oxygen atoms in total. The molecule has 1 amide bonds. The fourth-order valence-corrected chi connectivity index (χ4v) is 4.12. The van der Waals surface area contributed by atoms with Gasteiger partial charge in [-0.1, -0.05) is 11.6 Å². The third kappa shape index (κ3) is 4.33. The topological polar surface area (TPSA) is 26.8 Å². The van der Waals surface area contributed by atoms with Crippen molar-refractivity contribution < 1.29 is 9.18 Å². The van der Waals surface area contributed by atoms with Gasteiger partial charge in [0.15, 0.2) is 0 Å². The number of piperidine rings is 1. The maximum Gasteiger partial charge on any atom is 0.256 e. The molecule has 1 atom stereocenters. The Kier molecular flexibility index (Phi) is 5.97. The van der Waals surface area contributed by atoms with Gasteiger partial charge in [0.1, 0.15) is 5.82 Å². The van der Waals surface area contributed by atoms with Crippen LogP contribution in [0.3, 0.4) is 0 Å². The first kappa shape index (κ1) is 18.6. The lowest BCUT2D eigenvalue weighted by molar-refractivity contribution is 0.0497. The summed E-state index contributed by atoms with van der Waals surface area (Å²) >= 11 is 5.91. The smallest absolute Gasteiger partial charge is 0.256 e. The van der Waals surface area contributed by atoms with Gasteiger partial charge in [-0.3, -0.25) is 9.69 Å². The summed E-state index contributed by atoms with van der Waals surface area (Å²) in [4.78, 5) is 19.3. The van der Waals surface area contributed by atoms with Gasteiger partial charge in [0.25, 0.3) is 5.91 Å². The second-order valence-corrected chi connectivity index (χ2v) is 7.77. The van der Waals surface area contributed by atoms with Gasteiger partial charge >= 0.3 is 0 Å². The molecular weight excluding hydrogens is 341 g/mol. The number of benzene rings is 1. The van der Waals surface area contributed by atoms with Crippen molar-refractivity contribution in [3.05, 3.63) is 34.6 Å². The summed E-state index contributed by atoms with van der Waals surface area (Å²) in [6.45, 7) is 8.16. The van der Waals surface area contributed by atoms with E-state index in [1.165, 1.54) is 18.2 Å². The Morgan fingerprint density at radius 1 is 1.16 bits per heavy atom. The molecule has 2 aliphatic heterocycles. The third-order valence-corrected chi connectivity index (χ3v) is 6.02. The van der Waals surface area contributed by atoms with E-state index in [0.29, 0.717) is 30.1 Å². The number of carbonyl (C=O) groups excluding carboxylic acids is 1. The minimum Gasteiger partial charge on any atom is -0.339 e. The SMILES string of the molecule is CC(C1CCN(C(=O)c2cc(Cl)ccc2F)CC1)N1CCN(C)CC1. The predicted octanol–water partition coefficient (Wildman–Crippen LogP) is 2.97. The van der Waals surface area contributed by atoms with Gasteiger partial charge in [0.2, 0.25) is 0 Å². The van der Waals surface area contributed by atoms with Crippen molar-refractivity contribution in [2.75, 3.05) is 46.3 Å². The van der Waals surface area contributed by atoms with Gasteiger partial charge in [-0.15, -0.1) is 0 Å². The van der Waals surface area contributed by atoms with Crippen LogP contribution in [0.5, 0.6) is 0 Å². The van der Waals surface area contributed by atoms with Crippen LogP contribution in [-0.4, -0.2) is 73.0 Å². The van der Waals surface area contributed by atoms with Crippen LogP contribution >= 0.6 is 11.6 Å². The van der Waals surface area contributed by atoms with Crippen LogP contribution in [0.25, 0.3) is 0 Å². The molecule has 2 aliphatic rings. The molecule has 0 N–H and O–H groups in total. The van der Waals surface area contributed by atoms with Crippen molar-refractivity contribution in [2.24, 2.45) is 5.92 Å². The van der Waals surface area contributed by atoms with Gasteiger partial charge in [0.05, 0.1) is 5.56 Å². The molecule has 0 saturated carbocycles. The molecule has 1 aromatic rings. The van der Waals surface area contributed by atoms with Crippen molar-refractivity contribution in [2.45, 2.75) is 25.8 Å². The molecule has 0 radical (unpaired) electrons. The van der Waals surface area contributed by atoms with Crippen LogP contribution < -0.4 is 0 Å². The van der Waals surface area contributed by atoms with Crippen LogP contribution in [0.1, 0.15) is 30.1 Å². The van der Waals surface area contributed by atoms with E-state index in [9.17, 15) is 9.18 Å². The summed E-state index contributed by atoms with van der Waals surface area (Å²) in [6.07, 6.45) is 1.95. The largest absolute Gasteiger partial charge is 0.339 e. The highest BCUT2D eigenvalue weighted by molar-refractivity contribution is 6.31. The zero-order valence-electron chi connectivity index (χ0n) is 15.0. The Hall–Kier alpha value is -1.17. The molecule has 0 aliphatic carbocycles. The van der Waals surface area contributed by atoms with E-state index in [4.69, 9.17) is 11.6 Å². The molecule has 6 heteroatoms. The van der Waals surface area contributed by atoms with E-state index in [1.54, 1.807) is 4.90 Å². The van der Waals surface area contributed by atoms with Gasteiger partial charge < -0.3 is 9.80 Å². The van der Waals surface area contributed by atoms with Crippen LogP contribution in [0.4, 0.5) is 4.39 Å². The highest BCUT2D eigenvalue weighted by atomic mass is 35.5. The minimum atomic E-state index is -0.498. The Balaban J connectivity index is 1.56. The molecule has 138 valence electrons. The zero-order valence-corrected chi connectivity index (χ0v) is 15.8. The van der Waals surface area contributed by atoms with Crippen molar-refractivity contribution in [1.82, 2.24) is 14.7 Å². The monoisotopic (exact) mass is 367 g/mol. The minimum absolute atomic E-state index is 0.0815. The molecule has 0 aromatic heterocycles. The fraction of sp³-hybridized carbons (Fsp3) is 0.632. The molecule has 25 heavy (non-hydrogen) atoms. The molecule has 1 aromatic carbocycles. The standard InChI is InChI=1S/C19H27ClFN3O/c1-14(23-11-9-22(2)10-12-23)15-5-7-24(8-6-15)19(25)17-13-16(20)3-4-18(17)21/h3-4,13-15H,5-12H2,1-2H3. The lowest BCUT2D eigenvalue weighted by atomic mass is 9.88. The van der Waals surface area contributed by atoms with Crippen LogP contribution in [0.2, 0.25) is 5.02 Å². The number of amides is 1. The maximum atomic E-state index is 13.9. The van der Waals surface area contributed by atoms with Crippen molar-refractivity contribution in [1.29, 1.82) is 0 Å². The lowest BCUT2D eigenvalue weighted by Gasteiger charge is -2.42. The van der Waals surface area contributed by atoms with Crippen molar-refractivity contribution >= 4 is 17.5 Å². The summed E-state index contributed by atoms with van der Waals surface area (Å²) in [5.74, 6) is -0.148. The van der Waals surface area contributed by atoms with E-state index in [2.05, 4.69) is 23.8 Å².